The van der Waals surface area contributed by atoms with Gasteiger partial charge in [-0.25, -0.2) is 0 Å². The zero-order chi connectivity index (χ0) is 10.0. The fourth-order valence-electron chi connectivity index (χ4n) is 2.40. The van der Waals surface area contributed by atoms with E-state index in [0.29, 0.717) is 17.6 Å². The van der Waals surface area contributed by atoms with E-state index in [0.717, 1.165) is 13.0 Å². The van der Waals surface area contributed by atoms with Gasteiger partial charge in [-0.3, -0.25) is 11.3 Å². The van der Waals surface area contributed by atoms with Crippen LogP contribution in [0.1, 0.15) is 45.4 Å². The Morgan fingerprint density at radius 1 is 1.57 bits per heavy atom. The van der Waals surface area contributed by atoms with Crippen LogP contribution in [0, 0.1) is 5.41 Å². The van der Waals surface area contributed by atoms with Crippen molar-refractivity contribution in [3.8, 4) is 0 Å². The third-order valence-corrected chi connectivity index (χ3v) is 3.88. The zero-order valence-corrected chi connectivity index (χ0v) is 9.09. The molecule has 1 saturated heterocycles. The predicted octanol–water partition coefficient (Wildman–Crippen LogP) is 1.58. The normalized spacial score (nSPS) is 31.7. The van der Waals surface area contributed by atoms with Crippen LogP contribution in [0.25, 0.3) is 0 Å². The lowest BCUT2D eigenvalue weighted by atomic mass is 9.93. The standard InChI is InChI=1S/C11H22N2O/c1-11(6-7-11)10(13-12)5-4-9-3-2-8-14-9/h9-10,13H,2-8,12H2,1H3. The number of nitrogens with one attached hydrogen (secondary N) is 1. The van der Waals surface area contributed by atoms with E-state index in [4.69, 9.17) is 10.6 Å². The van der Waals surface area contributed by atoms with Gasteiger partial charge >= 0.3 is 0 Å². The second-order valence-electron chi connectivity index (χ2n) is 5.09. The van der Waals surface area contributed by atoms with Gasteiger partial charge in [-0.2, -0.15) is 0 Å². The molecular formula is C11H22N2O. The summed E-state index contributed by atoms with van der Waals surface area (Å²) in [6.07, 6.45) is 7.98. The van der Waals surface area contributed by atoms with Gasteiger partial charge in [0.1, 0.15) is 0 Å². The first kappa shape index (κ1) is 10.4. The van der Waals surface area contributed by atoms with Crippen molar-refractivity contribution in [2.45, 2.75) is 57.6 Å². The largest absolute Gasteiger partial charge is 0.378 e. The van der Waals surface area contributed by atoms with Crippen LogP contribution in [0.5, 0.6) is 0 Å². The maximum atomic E-state index is 5.61. The lowest BCUT2D eigenvalue weighted by Crippen LogP contribution is -2.41. The molecule has 14 heavy (non-hydrogen) atoms. The highest BCUT2D eigenvalue weighted by molar-refractivity contribution is 4.98. The molecule has 2 aliphatic rings. The second kappa shape index (κ2) is 4.17. The molecule has 3 heteroatoms. The van der Waals surface area contributed by atoms with Crippen molar-refractivity contribution in [1.29, 1.82) is 0 Å². The molecule has 82 valence electrons. The van der Waals surface area contributed by atoms with E-state index in [2.05, 4.69) is 12.3 Å². The van der Waals surface area contributed by atoms with Crippen LogP contribution in [0.3, 0.4) is 0 Å². The summed E-state index contributed by atoms with van der Waals surface area (Å²) in [5.74, 6) is 5.59. The first-order valence-corrected chi connectivity index (χ1v) is 5.82. The minimum absolute atomic E-state index is 0.480. The molecule has 3 nitrogen and oxygen atoms in total. The van der Waals surface area contributed by atoms with Crippen molar-refractivity contribution in [3.05, 3.63) is 0 Å². The molecule has 0 spiro atoms. The number of hydrazine groups is 1. The van der Waals surface area contributed by atoms with Crippen molar-refractivity contribution in [2.24, 2.45) is 11.3 Å². The van der Waals surface area contributed by atoms with Gasteiger partial charge in [0.2, 0.25) is 0 Å². The summed E-state index contributed by atoms with van der Waals surface area (Å²) in [5, 5.41) is 0. The summed E-state index contributed by atoms with van der Waals surface area (Å²) in [5.41, 5.74) is 3.45. The average Bonchev–Trinajstić information content (AvgIpc) is 2.73. The van der Waals surface area contributed by atoms with Crippen molar-refractivity contribution < 1.29 is 4.74 Å². The van der Waals surface area contributed by atoms with Crippen LogP contribution in [0.15, 0.2) is 0 Å². The van der Waals surface area contributed by atoms with Gasteiger partial charge in [-0.1, -0.05) is 6.92 Å². The summed E-state index contributed by atoms with van der Waals surface area (Å²) in [7, 11) is 0. The van der Waals surface area contributed by atoms with E-state index in [-0.39, 0.29) is 0 Å². The molecule has 1 heterocycles. The molecule has 0 aromatic rings. The molecular weight excluding hydrogens is 176 g/mol. The maximum absolute atomic E-state index is 5.61. The van der Waals surface area contributed by atoms with Gasteiger partial charge in [-0.15, -0.1) is 0 Å². The third-order valence-electron chi connectivity index (χ3n) is 3.88. The summed E-state index contributed by atoms with van der Waals surface area (Å²) < 4.78 is 5.61. The first-order valence-electron chi connectivity index (χ1n) is 5.82. The molecule has 0 aromatic heterocycles. The Hall–Kier alpha value is -0.120. The Kier molecular flexibility index (Phi) is 3.10. The number of nitrogens with two attached hydrogens (primary N) is 1. The van der Waals surface area contributed by atoms with E-state index >= 15 is 0 Å². The van der Waals surface area contributed by atoms with Crippen LogP contribution >= 0.6 is 0 Å². The van der Waals surface area contributed by atoms with Gasteiger partial charge in [0.05, 0.1) is 6.10 Å². The van der Waals surface area contributed by atoms with E-state index in [1.165, 1.54) is 32.1 Å². The van der Waals surface area contributed by atoms with Gasteiger partial charge in [0.25, 0.3) is 0 Å². The van der Waals surface area contributed by atoms with Crippen LogP contribution in [0.2, 0.25) is 0 Å². The quantitative estimate of drug-likeness (QED) is 0.521. The molecule has 1 saturated carbocycles. The summed E-state index contributed by atoms with van der Waals surface area (Å²) in [6, 6.07) is 0.492. The SMILES string of the molecule is CC1(C(CCC2CCCO2)NN)CC1. The number of rotatable bonds is 5. The summed E-state index contributed by atoms with van der Waals surface area (Å²) in [6.45, 7) is 3.29. The third kappa shape index (κ3) is 2.27. The van der Waals surface area contributed by atoms with Gasteiger partial charge in [0, 0.05) is 12.6 Å². The molecule has 1 aliphatic heterocycles. The Bertz CT molecular complexity index is 186. The molecule has 0 aromatic carbocycles. The fraction of sp³-hybridized carbons (Fsp3) is 1.00. The lowest BCUT2D eigenvalue weighted by molar-refractivity contribution is 0.0968. The lowest BCUT2D eigenvalue weighted by Gasteiger charge is -2.23. The van der Waals surface area contributed by atoms with Crippen molar-refractivity contribution in [3.63, 3.8) is 0 Å². The number of ether oxygens (including phenoxy) is 1. The molecule has 0 radical (unpaired) electrons. The maximum Gasteiger partial charge on any atom is 0.0576 e. The van der Waals surface area contributed by atoms with Gasteiger partial charge < -0.3 is 4.74 Å². The van der Waals surface area contributed by atoms with E-state index < -0.39 is 0 Å². The van der Waals surface area contributed by atoms with Crippen molar-refractivity contribution >= 4 is 0 Å². The molecule has 3 N–H and O–H groups in total. The van der Waals surface area contributed by atoms with E-state index in [9.17, 15) is 0 Å². The second-order valence-corrected chi connectivity index (χ2v) is 5.09. The molecule has 0 bridgehead atoms. The van der Waals surface area contributed by atoms with Crippen LogP contribution < -0.4 is 11.3 Å². The molecule has 2 fully saturated rings. The Morgan fingerprint density at radius 2 is 2.36 bits per heavy atom. The van der Waals surface area contributed by atoms with Crippen LogP contribution in [0.4, 0.5) is 0 Å². The number of hydrogen-bond donors (Lipinski definition) is 2. The smallest absolute Gasteiger partial charge is 0.0576 e. The molecule has 2 rings (SSSR count). The topological polar surface area (TPSA) is 47.3 Å². The van der Waals surface area contributed by atoms with Crippen molar-refractivity contribution in [2.75, 3.05) is 6.61 Å². The average molecular weight is 198 g/mol. The Balaban J connectivity index is 1.72. The summed E-state index contributed by atoms with van der Waals surface area (Å²) in [4.78, 5) is 0. The number of hydrogen-bond acceptors (Lipinski definition) is 3. The highest BCUT2D eigenvalue weighted by Gasteiger charge is 2.44. The minimum atomic E-state index is 0.480. The van der Waals surface area contributed by atoms with Crippen LogP contribution in [-0.2, 0) is 4.74 Å². The summed E-state index contributed by atoms with van der Waals surface area (Å²) >= 11 is 0. The molecule has 2 unspecified atom stereocenters. The monoisotopic (exact) mass is 198 g/mol. The zero-order valence-electron chi connectivity index (χ0n) is 9.09. The van der Waals surface area contributed by atoms with Crippen molar-refractivity contribution in [1.82, 2.24) is 5.43 Å². The molecule has 1 aliphatic carbocycles. The van der Waals surface area contributed by atoms with E-state index in [1.54, 1.807) is 0 Å². The Morgan fingerprint density at radius 3 is 2.86 bits per heavy atom. The van der Waals surface area contributed by atoms with Crippen LogP contribution in [-0.4, -0.2) is 18.8 Å². The minimum Gasteiger partial charge on any atom is -0.378 e. The predicted molar refractivity (Wildman–Crippen MR) is 56.7 cm³/mol. The first-order chi connectivity index (χ1) is 6.74. The highest BCUT2D eigenvalue weighted by Crippen LogP contribution is 2.49. The van der Waals surface area contributed by atoms with E-state index in [1.807, 2.05) is 0 Å². The van der Waals surface area contributed by atoms with Gasteiger partial charge in [0.15, 0.2) is 0 Å². The molecule has 0 amide bonds. The highest BCUT2D eigenvalue weighted by atomic mass is 16.5. The Labute approximate surface area is 86.4 Å². The molecule has 2 atom stereocenters. The fourth-order valence-corrected chi connectivity index (χ4v) is 2.40. The van der Waals surface area contributed by atoms with Gasteiger partial charge in [-0.05, 0) is 43.9 Å².